The molecule has 0 atom stereocenters. The minimum Gasteiger partial charge on any atom is -0.497 e. The zero-order valence-corrected chi connectivity index (χ0v) is 16.8. The predicted octanol–water partition coefficient (Wildman–Crippen LogP) is 5.61. The molecule has 1 N–H and O–H groups in total. The van der Waals surface area contributed by atoms with Gasteiger partial charge >= 0.3 is 0 Å². The standard InChI is InChI=1S/C20H20N2O2S2/c1-20(2)18-17(15-10-9-14(24-4)11-16(15)21-20)22(19(25)26-18)12-5-7-13(23-3)8-6-12/h5-11,21H,1-4H3. The first kappa shape index (κ1) is 17.1. The van der Waals surface area contributed by atoms with Crippen LogP contribution in [0.4, 0.5) is 5.69 Å². The molecule has 0 aliphatic carbocycles. The summed E-state index contributed by atoms with van der Waals surface area (Å²) in [6.07, 6.45) is 0. The number of methoxy groups -OCH3 is 2. The molecule has 26 heavy (non-hydrogen) atoms. The van der Waals surface area contributed by atoms with Crippen LogP contribution in [-0.4, -0.2) is 18.8 Å². The fraction of sp³-hybridized carbons (Fsp3) is 0.250. The predicted molar refractivity (Wildman–Crippen MR) is 110 cm³/mol. The molecule has 2 aromatic carbocycles. The van der Waals surface area contributed by atoms with Gasteiger partial charge in [-0.1, -0.05) is 0 Å². The van der Waals surface area contributed by atoms with Crippen molar-refractivity contribution in [1.29, 1.82) is 0 Å². The van der Waals surface area contributed by atoms with Gasteiger partial charge in [-0.3, -0.25) is 4.57 Å². The van der Waals surface area contributed by atoms with Crippen LogP contribution in [0.2, 0.25) is 0 Å². The number of nitrogens with one attached hydrogen (secondary N) is 1. The third-order valence-electron chi connectivity index (χ3n) is 4.64. The molecule has 0 bridgehead atoms. The van der Waals surface area contributed by atoms with E-state index in [4.69, 9.17) is 21.7 Å². The second kappa shape index (κ2) is 6.14. The van der Waals surface area contributed by atoms with Crippen molar-refractivity contribution in [2.45, 2.75) is 19.4 Å². The van der Waals surface area contributed by atoms with Gasteiger partial charge in [-0.15, -0.1) is 11.3 Å². The van der Waals surface area contributed by atoms with E-state index in [-0.39, 0.29) is 5.54 Å². The molecule has 0 fully saturated rings. The van der Waals surface area contributed by atoms with Gasteiger partial charge in [-0.2, -0.15) is 0 Å². The van der Waals surface area contributed by atoms with Gasteiger partial charge in [-0.05, 0) is 62.5 Å². The maximum Gasteiger partial charge on any atom is 0.166 e. The molecular formula is C20H20N2O2S2. The molecular weight excluding hydrogens is 364 g/mol. The topological polar surface area (TPSA) is 35.4 Å². The number of aromatic nitrogens is 1. The van der Waals surface area contributed by atoms with E-state index in [9.17, 15) is 0 Å². The lowest BCUT2D eigenvalue weighted by Gasteiger charge is -2.34. The van der Waals surface area contributed by atoms with E-state index in [1.165, 1.54) is 4.88 Å². The average molecular weight is 385 g/mol. The van der Waals surface area contributed by atoms with Crippen molar-refractivity contribution in [3.8, 4) is 28.4 Å². The molecule has 1 aliphatic rings. The summed E-state index contributed by atoms with van der Waals surface area (Å²) in [5.41, 5.74) is 4.14. The highest BCUT2D eigenvalue weighted by atomic mass is 32.1. The summed E-state index contributed by atoms with van der Waals surface area (Å²) < 4.78 is 13.7. The van der Waals surface area contributed by atoms with E-state index >= 15 is 0 Å². The third-order valence-corrected chi connectivity index (χ3v) is 6.34. The zero-order valence-electron chi connectivity index (χ0n) is 15.1. The van der Waals surface area contributed by atoms with Crippen molar-refractivity contribution in [3.63, 3.8) is 0 Å². The van der Waals surface area contributed by atoms with E-state index in [0.29, 0.717) is 0 Å². The summed E-state index contributed by atoms with van der Waals surface area (Å²) in [7, 11) is 3.36. The number of rotatable bonds is 3. The van der Waals surface area contributed by atoms with E-state index in [0.717, 1.165) is 38.1 Å². The molecule has 3 aromatic rings. The Morgan fingerprint density at radius 3 is 2.31 bits per heavy atom. The molecule has 1 aliphatic heterocycles. The van der Waals surface area contributed by atoms with Gasteiger partial charge in [0.15, 0.2) is 3.95 Å². The summed E-state index contributed by atoms with van der Waals surface area (Å²) in [5.74, 6) is 1.66. The summed E-state index contributed by atoms with van der Waals surface area (Å²) in [6.45, 7) is 4.36. The Morgan fingerprint density at radius 1 is 1.00 bits per heavy atom. The number of thiazole rings is 1. The number of fused-ring (bicyclic) bond motifs is 3. The first-order valence-corrected chi connectivity index (χ1v) is 9.54. The zero-order chi connectivity index (χ0) is 18.5. The summed E-state index contributed by atoms with van der Waals surface area (Å²) in [4.78, 5) is 1.23. The average Bonchev–Trinajstić information content (AvgIpc) is 2.99. The lowest BCUT2D eigenvalue weighted by Crippen LogP contribution is -2.31. The van der Waals surface area contributed by atoms with E-state index in [2.05, 4.69) is 29.8 Å². The van der Waals surface area contributed by atoms with Crippen LogP contribution in [-0.2, 0) is 5.54 Å². The Kier molecular flexibility index (Phi) is 4.04. The van der Waals surface area contributed by atoms with Crippen LogP contribution < -0.4 is 14.8 Å². The number of nitrogens with zero attached hydrogens (tertiary/aromatic N) is 1. The fourth-order valence-corrected chi connectivity index (χ4v) is 4.87. The molecule has 0 saturated heterocycles. The maximum atomic E-state index is 5.74. The van der Waals surface area contributed by atoms with Gasteiger partial charge < -0.3 is 14.8 Å². The van der Waals surface area contributed by atoms with Crippen LogP contribution >= 0.6 is 23.6 Å². The lowest BCUT2D eigenvalue weighted by atomic mass is 9.91. The van der Waals surface area contributed by atoms with E-state index < -0.39 is 0 Å². The number of hydrogen-bond donors (Lipinski definition) is 1. The second-order valence-corrected chi connectivity index (χ2v) is 8.38. The van der Waals surface area contributed by atoms with Crippen molar-refractivity contribution in [2.75, 3.05) is 19.5 Å². The minimum absolute atomic E-state index is 0.218. The van der Waals surface area contributed by atoms with Crippen molar-refractivity contribution in [3.05, 3.63) is 51.3 Å². The maximum absolute atomic E-state index is 5.74. The molecule has 0 spiro atoms. The number of anilines is 1. The van der Waals surface area contributed by atoms with Gasteiger partial charge in [0.05, 0.1) is 30.3 Å². The van der Waals surface area contributed by atoms with Crippen molar-refractivity contribution >= 4 is 29.2 Å². The lowest BCUT2D eigenvalue weighted by molar-refractivity contribution is 0.414. The highest BCUT2D eigenvalue weighted by Crippen LogP contribution is 2.48. The number of ether oxygens (including phenoxy) is 2. The molecule has 6 heteroatoms. The Balaban J connectivity index is 1.99. The molecule has 0 saturated carbocycles. The van der Waals surface area contributed by atoms with Crippen molar-refractivity contribution in [1.82, 2.24) is 4.57 Å². The third kappa shape index (κ3) is 2.61. The highest BCUT2D eigenvalue weighted by molar-refractivity contribution is 7.73. The van der Waals surface area contributed by atoms with Crippen LogP contribution in [0, 0.1) is 3.95 Å². The van der Waals surface area contributed by atoms with Crippen LogP contribution in [0.25, 0.3) is 16.9 Å². The number of hydrogen-bond acceptors (Lipinski definition) is 5. The highest BCUT2D eigenvalue weighted by Gasteiger charge is 2.35. The largest absolute Gasteiger partial charge is 0.497 e. The van der Waals surface area contributed by atoms with Crippen molar-refractivity contribution < 1.29 is 9.47 Å². The Bertz CT molecular complexity index is 1030. The molecule has 0 amide bonds. The van der Waals surface area contributed by atoms with Crippen LogP contribution in [0.1, 0.15) is 18.7 Å². The van der Waals surface area contributed by atoms with Gasteiger partial charge in [-0.25, -0.2) is 0 Å². The van der Waals surface area contributed by atoms with Crippen LogP contribution in [0.15, 0.2) is 42.5 Å². The van der Waals surface area contributed by atoms with Crippen LogP contribution in [0.3, 0.4) is 0 Å². The van der Waals surface area contributed by atoms with Gasteiger partial charge in [0.25, 0.3) is 0 Å². The molecule has 0 unspecified atom stereocenters. The Hall–Kier alpha value is -2.31. The van der Waals surface area contributed by atoms with E-state index in [1.54, 1.807) is 25.6 Å². The fourth-order valence-electron chi connectivity index (χ4n) is 3.36. The summed E-state index contributed by atoms with van der Waals surface area (Å²) in [6, 6.07) is 14.1. The molecule has 4 rings (SSSR count). The smallest absolute Gasteiger partial charge is 0.166 e. The summed E-state index contributed by atoms with van der Waals surface area (Å²) >= 11 is 7.40. The molecule has 0 radical (unpaired) electrons. The Morgan fingerprint density at radius 2 is 1.65 bits per heavy atom. The van der Waals surface area contributed by atoms with Gasteiger partial charge in [0.2, 0.25) is 0 Å². The molecule has 4 nitrogen and oxygen atoms in total. The van der Waals surface area contributed by atoms with Gasteiger partial charge in [0.1, 0.15) is 11.5 Å². The Labute approximate surface area is 162 Å². The normalized spacial score (nSPS) is 14.2. The molecule has 2 heterocycles. The number of benzene rings is 2. The summed E-state index contributed by atoms with van der Waals surface area (Å²) in [5, 5.41) is 3.63. The first-order chi connectivity index (χ1) is 12.4. The molecule has 134 valence electrons. The second-order valence-electron chi connectivity index (χ2n) is 6.74. The van der Waals surface area contributed by atoms with Gasteiger partial charge in [0, 0.05) is 23.0 Å². The minimum atomic E-state index is -0.218. The molecule has 1 aromatic heterocycles. The van der Waals surface area contributed by atoms with Crippen molar-refractivity contribution in [2.24, 2.45) is 0 Å². The quantitative estimate of drug-likeness (QED) is 0.595. The SMILES string of the molecule is COc1ccc(-n2c3c(sc2=S)C(C)(C)Nc2cc(OC)ccc2-3)cc1. The van der Waals surface area contributed by atoms with Crippen LogP contribution in [0.5, 0.6) is 11.5 Å². The monoisotopic (exact) mass is 384 g/mol. The first-order valence-electron chi connectivity index (χ1n) is 8.32. The van der Waals surface area contributed by atoms with E-state index in [1.807, 2.05) is 36.4 Å².